The molecule has 0 aliphatic rings. The molecule has 0 bridgehead atoms. The van der Waals surface area contributed by atoms with Crippen LogP contribution in [-0.4, -0.2) is 29.7 Å². The number of methoxy groups -OCH3 is 2. The standard InChI is InChI=1S/C21H25N3O3S/c1-6-17-13(2)9-18(28-17)21(25)23-19(20-22-7-8-24(20)3)14-10-15(26-4)12-16(11-14)27-5/h7-12,19H,6H2,1-5H3,(H,23,25). The van der Waals surface area contributed by atoms with E-state index >= 15 is 0 Å². The van der Waals surface area contributed by atoms with Gasteiger partial charge in [-0.25, -0.2) is 4.98 Å². The minimum Gasteiger partial charge on any atom is -0.497 e. The number of benzene rings is 1. The molecule has 3 rings (SSSR count). The molecule has 2 heterocycles. The van der Waals surface area contributed by atoms with Gasteiger partial charge >= 0.3 is 0 Å². The summed E-state index contributed by atoms with van der Waals surface area (Å²) in [5.41, 5.74) is 1.98. The Labute approximate surface area is 169 Å². The fraction of sp³-hybridized carbons (Fsp3) is 0.333. The van der Waals surface area contributed by atoms with Crippen molar-refractivity contribution in [2.45, 2.75) is 26.3 Å². The van der Waals surface area contributed by atoms with Crippen LogP contribution in [0.2, 0.25) is 0 Å². The third kappa shape index (κ3) is 4.04. The summed E-state index contributed by atoms with van der Waals surface area (Å²) < 4.78 is 12.7. The average molecular weight is 400 g/mol. The molecule has 1 N–H and O–H groups in total. The van der Waals surface area contributed by atoms with E-state index in [1.165, 1.54) is 16.2 Å². The lowest BCUT2D eigenvalue weighted by atomic mass is 10.0. The highest BCUT2D eigenvalue weighted by Gasteiger charge is 2.24. The molecule has 1 atom stereocenters. The van der Waals surface area contributed by atoms with Crippen molar-refractivity contribution < 1.29 is 14.3 Å². The van der Waals surface area contributed by atoms with Crippen molar-refractivity contribution >= 4 is 17.2 Å². The number of ether oxygens (including phenoxy) is 2. The summed E-state index contributed by atoms with van der Waals surface area (Å²) in [5, 5.41) is 3.14. The third-order valence-electron chi connectivity index (χ3n) is 4.66. The molecule has 148 valence electrons. The first-order valence-electron chi connectivity index (χ1n) is 9.07. The van der Waals surface area contributed by atoms with Crippen molar-refractivity contribution in [1.82, 2.24) is 14.9 Å². The van der Waals surface area contributed by atoms with E-state index in [2.05, 4.69) is 17.2 Å². The van der Waals surface area contributed by atoms with Crippen LogP contribution in [0.4, 0.5) is 0 Å². The predicted molar refractivity (Wildman–Crippen MR) is 110 cm³/mol. The highest BCUT2D eigenvalue weighted by atomic mass is 32.1. The van der Waals surface area contributed by atoms with E-state index in [0.29, 0.717) is 16.4 Å². The number of aromatic nitrogens is 2. The fourth-order valence-corrected chi connectivity index (χ4v) is 4.15. The molecule has 0 fully saturated rings. The SMILES string of the molecule is CCc1sc(C(=O)NC(c2cc(OC)cc(OC)c2)c2nccn2C)cc1C. The molecule has 6 nitrogen and oxygen atoms in total. The number of aryl methyl sites for hydroxylation is 3. The number of hydrogen-bond acceptors (Lipinski definition) is 5. The van der Waals surface area contributed by atoms with Crippen LogP contribution in [0.3, 0.4) is 0 Å². The lowest BCUT2D eigenvalue weighted by Gasteiger charge is -2.20. The van der Waals surface area contributed by atoms with E-state index in [1.54, 1.807) is 26.5 Å². The van der Waals surface area contributed by atoms with Crippen molar-refractivity contribution in [1.29, 1.82) is 0 Å². The van der Waals surface area contributed by atoms with Gasteiger partial charge in [-0.15, -0.1) is 11.3 Å². The monoisotopic (exact) mass is 399 g/mol. The van der Waals surface area contributed by atoms with Crippen LogP contribution in [0, 0.1) is 6.92 Å². The van der Waals surface area contributed by atoms with Crippen molar-refractivity contribution in [2.24, 2.45) is 7.05 Å². The fourth-order valence-electron chi connectivity index (χ4n) is 3.13. The van der Waals surface area contributed by atoms with Crippen molar-refractivity contribution in [2.75, 3.05) is 14.2 Å². The first kappa shape index (κ1) is 19.9. The number of hydrogen-bond donors (Lipinski definition) is 1. The van der Waals surface area contributed by atoms with Gasteiger partial charge in [-0.2, -0.15) is 0 Å². The maximum absolute atomic E-state index is 13.0. The quantitative estimate of drug-likeness (QED) is 0.655. The Bertz CT molecular complexity index is 955. The minimum absolute atomic E-state index is 0.123. The molecule has 0 saturated heterocycles. The summed E-state index contributed by atoms with van der Waals surface area (Å²) in [6, 6.07) is 7.08. The molecular formula is C21H25N3O3S. The second-order valence-corrected chi connectivity index (χ2v) is 7.66. The van der Waals surface area contributed by atoms with Crippen molar-refractivity contribution in [3.8, 4) is 11.5 Å². The molecule has 0 saturated carbocycles. The smallest absolute Gasteiger partial charge is 0.262 e. The second kappa shape index (κ2) is 8.48. The molecule has 0 aliphatic heterocycles. The first-order valence-corrected chi connectivity index (χ1v) is 9.88. The van der Waals surface area contributed by atoms with Gasteiger partial charge in [0.05, 0.1) is 19.1 Å². The van der Waals surface area contributed by atoms with Gasteiger partial charge in [0, 0.05) is 30.4 Å². The average Bonchev–Trinajstić information content (AvgIpc) is 3.30. The van der Waals surface area contributed by atoms with Crippen LogP contribution >= 0.6 is 11.3 Å². The number of thiophene rings is 1. The molecule has 1 unspecified atom stereocenters. The summed E-state index contributed by atoms with van der Waals surface area (Å²) >= 11 is 1.53. The molecule has 0 spiro atoms. The van der Waals surface area contributed by atoms with E-state index < -0.39 is 6.04 Å². The number of carbonyl (C=O) groups is 1. The molecule has 7 heteroatoms. The highest BCUT2D eigenvalue weighted by Crippen LogP contribution is 2.30. The summed E-state index contributed by atoms with van der Waals surface area (Å²) in [6.45, 7) is 4.13. The number of nitrogens with zero attached hydrogens (tertiary/aromatic N) is 2. The van der Waals surface area contributed by atoms with Crippen LogP contribution in [0.25, 0.3) is 0 Å². The first-order chi connectivity index (χ1) is 13.5. The normalized spacial score (nSPS) is 11.9. The van der Waals surface area contributed by atoms with E-state index in [0.717, 1.165) is 23.4 Å². The Balaban J connectivity index is 2.01. The molecule has 0 radical (unpaired) electrons. The van der Waals surface area contributed by atoms with Crippen molar-refractivity contribution in [3.05, 3.63) is 63.4 Å². The number of amides is 1. The van der Waals surface area contributed by atoms with Gasteiger partial charge in [0.15, 0.2) is 0 Å². The van der Waals surface area contributed by atoms with Gasteiger partial charge in [-0.1, -0.05) is 6.92 Å². The summed E-state index contributed by atoms with van der Waals surface area (Å²) in [7, 11) is 5.12. The third-order valence-corrected chi connectivity index (χ3v) is 6.04. The predicted octanol–water partition coefficient (Wildman–Crippen LogP) is 3.89. The Hall–Kier alpha value is -2.80. The lowest BCUT2D eigenvalue weighted by Crippen LogP contribution is -2.30. The Morgan fingerprint density at radius 3 is 2.39 bits per heavy atom. The van der Waals surface area contributed by atoms with Gasteiger partial charge in [0.25, 0.3) is 5.91 Å². The van der Waals surface area contributed by atoms with Crippen molar-refractivity contribution in [3.63, 3.8) is 0 Å². The zero-order valence-corrected chi connectivity index (χ0v) is 17.6. The molecule has 1 aromatic carbocycles. The van der Waals surface area contributed by atoms with E-state index in [-0.39, 0.29) is 5.91 Å². The number of nitrogens with one attached hydrogen (secondary N) is 1. The molecule has 2 aromatic heterocycles. The molecule has 3 aromatic rings. The second-order valence-electron chi connectivity index (χ2n) is 6.52. The van der Waals surface area contributed by atoms with Crippen LogP contribution in [0.1, 0.15) is 44.5 Å². The molecular weight excluding hydrogens is 374 g/mol. The number of rotatable bonds is 7. The highest BCUT2D eigenvalue weighted by molar-refractivity contribution is 7.14. The van der Waals surface area contributed by atoms with Gasteiger partial charge < -0.3 is 19.4 Å². The zero-order chi connectivity index (χ0) is 20.3. The summed E-state index contributed by atoms with van der Waals surface area (Å²) in [6.07, 6.45) is 4.49. The number of imidazole rings is 1. The van der Waals surface area contributed by atoms with Crippen LogP contribution < -0.4 is 14.8 Å². The minimum atomic E-state index is -0.441. The molecule has 0 aliphatic carbocycles. The lowest BCUT2D eigenvalue weighted by molar-refractivity contribution is 0.0945. The maximum Gasteiger partial charge on any atom is 0.262 e. The van der Waals surface area contributed by atoms with Gasteiger partial charge in [0.2, 0.25) is 0 Å². The topological polar surface area (TPSA) is 65.4 Å². The number of carbonyl (C=O) groups excluding carboxylic acids is 1. The van der Waals surface area contributed by atoms with E-state index in [9.17, 15) is 4.79 Å². The maximum atomic E-state index is 13.0. The van der Waals surface area contributed by atoms with Crippen LogP contribution in [-0.2, 0) is 13.5 Å². The summed E-state index contributed by atoms with van der Waals surface area (Å²) in [5.74, 6) is 1.92. The van der Waals surface area contributed by atoms with E-state index in [1.807, 2.05) is 42.9 Å². The zero-order valence-electron chi connectivity index (χ0n) is 16.8. The van der Waals surface area contributed by atoms with Gasteiger partial charge in [-0.05, 0) is 42.7 Å². The van der Waals surface area contributed by atoms with Gasteiger partial charge in [-0.3, -0.25) is 4.79 Å². The van der Waals surface area contributed by atoms with Gasteiger partial charge in [0.1, 0.15) is 23.4 Å². The van der Waals surface area contributed by atoms with Crippen LogP contribution in [0.5, 0.6) is 11.5 Å². The van der Waals surface area contributed by atoms with E-state index in [4.69, 9.17) is 9.47 Å². The Kier molecular flexibility index (Phi) is 6.04. The summed E-state index contributed by atoms with van der Waals surface area (Å²) in [4.78, 5) is 19.4. The van der Waals surface area contributed by atoms with Crippen LogP contribution in [0.15, 0.2) is 36.7 Å². The molecule has 28 heavy (non-hydrogen) atoms. The molecule has 1 amide bonds. The Morgan fingerprint density at radius 1 is 1.21 bits per heavy atom. The Morgan fingerprint density at radius 2 is 1.89 bits per heavy atom. The largest absolute Gasteiger partial charge is 0.497 e.